The maximum Gasteiger partial charge on any atom is 0.314 e. The Kier molecular flexibility index (Phi) is 7.06. The fourth-order valence-corrected chi connectivity index (χ4v) is 1.33. The largest absolute Gasteiger partial charge is 0.338 e. The molecule has 0 aromatic carbocycles. The average molecular weight is 238 g/mol. The third-order valence-corrected chi connectivity index (χ3v) is 2.92. The van der Waals surface area contributed by atoms with E-state index in [0.717, 1.165) is 20.0 Å². The molecule has 0 unspecified atom stereocenters. The van der Waals surface area contributed by atoms with Crippen molar-refractivity contribution in [1.82, 2.24) is 10.6 Å². The fourth-order valence-electron chi connectivity index (χ4n) is 0.814. The Morgan fingerprint density at radius 2 is 1.87 bits per heavy atom. The van der Waals surface area contributed by atoms with Crippen LogP contribution in [0.2, 0.25) is 0 Å². The number of carbonyl (C=O) groups excluding carboxylic acids is 1. The highest BCUT2D eigenvalue weighted by atomic mass is 32.2. The molecule has 0 saturated carbocycles. The van der Waals surface area contributed by atoms with Gasteiger partial charge in [-0.05, 0) is 6.42 Å². The monoisotopic (exact) mass is 238 g/mol. The molecule has 0 aliphatic carbocycles. The Hall–Kier alpha value is -0.820. The first-order valence-corrected chi connectivity index (χ1v) is 6.39. The molecule has 0 heterocycles. The summed E-state index contributed by atoms with van der Waals surface area (Å²) in [6.45, 7) is 2.66. The van der Waals surface area contributed by atoms with E-state index in [9.17, 15) is 13.2 Å². The second-order valence-corrected chi connectivity index (χ2v) is 4.82. The van der Waals surface area contributed by atoms with Gasteiger partial charge in [0.05, 0.1) is 12.9 Å². The lowest BCUT2D eigenvalue weighted by Crippen LogP contribution is -2.38. The van der Waals surface area contributed by atoms with Gasteiger partial charge >= 0.3 is 6.03 Å². The van der Waals surface area contributed by atoms with Crippen LogP contribution in [0.4, 0.5) is 4.79 Å². The minimum Gasteiger partial charge on any atom is -0.338 e. The van der Waals surface area contributed by atoms with Crippen molar-refractivity contribution in [3.63, 3.8) is 0 Å². The lowest BCUT2D eigenvalue weighted by molar-refractivity contribution is 0.241. The van der Waals surface area contributed by atoms with E-state index >= 15 is 0 Å². The normalized spacial score (nSPS) is 11.1. The number of nitrogens with one attached hydrogen (secondary N) is 2. The molecule has 6 nitrogen and oxygen atoms in total. The molecule has 90 valence electrons. The summed E-state index contributed by atoms with van der Waals surface area (Å²) < 4.78 is 25.9. The van der Waals surface area contributed by atoms with Crippen molar-refractivity contribution in [1.29, 1.82) is 0 Å². The summed E-state index contributed by atoms with van der Waals surface area (Å²) in [7, 11) is -2.39. The summed E-state index contributed by atoms with van der Waals surface area (Å²) in [5.74, 6) is -0.218. The van der Waals surface area contributed by atoms with Crippen LogP contribution in [0.1, 0.15) is 19.8 Å². The molecule has 0 rings (SSSR count). The Labute approximate surface area is 90.5 Å². The van der Waals surface area contributed by atoms with Crippen LogP contribution in [0.5, 0.6) is 0 Å². The Bertz CT molecular complexity index is 276. The van der Waals surface area contributed by atoms with E-state index in [1.54, 1.807) is 0 Å². The van der Waals surface area contributed by atoms with Crippen molar-refractivity contribution in [3.8, 4) is 0 Å². The van der Waals surface area contributed by atoms with Gasteiger partial charge in [-0.3, -0.25) is 4.18 Å². The maximum atomic E-state index is 11.0. The van der Waals surface area contributed by atoms with E-state index in [1.165, 1.54) is 0 Å². The van der Waals surface area contributed by atoms with Gasteiger partial charge in [0.25, 0.3) is 10.1 Å². The van der Waals surface area contributed by atoms with Gasteiger partial charge in [-0.15, -0.1) is 0 Å². The molecular formula is C8H18N2O4S. The second-order valence-electron chi connectivity index (χ2n) is 2.96. The first kappa shape index (κ1) is 14.2. The van der Waals surface area contributed by atoms with Gasteiger partial charge in [-0.1, -0.05) is 13.3 Å². The molecule has 0 radical (unpaired) electrons. The minimum absolute atomic E-state index is 0.0497. The third kappa shape index (κ3) is 8.19. The van der Waals surface area contributed by atoms with E-state index in [2.05, 4.69) is 14.8 Å². The lowest BCUT2D eigenvalue weighted by Gasteiger charge is -2.06. The molecule has 0 spiro atoms. The Morgan fingerprint density at radius 3 is 2.40 bits per heavy atom. The maximum absolute atomic E-state index is 11.0. The van der Waals surface area contributed by atoms with Crippen molar-refractivity contribution in [3.05, 3.63) is 0 Å². The predicted octanol–water partition coefficient (Wildman–Crippen LogP) is 0.0619. The molecule has 7 heteroatoms. The smallest absolute Gasteiger partial charge is 0.314 e. The van der Waals surface area contributed by atoms with Crippen LogP contribution in [0.25, 0.3) is 0 Å². The second kappa shape index (κ2) is 7.47. The molecule has 2 N–H and O–H groups in total. The van der Waals surface area contributed by atoms with Gasteiger partial charge in [0.2, 0.25) is 0 Å². The van der Waals surface area contributed by atoms with Crippen LogP contribution in [0, 0.1) is 0 Å². The summed E-state index contributed by atoms with van der Waals surface area (Å²) in [5, 5.41) is 5.02. The highest BCUT2D eigenvalue weighted by Crippen LogP contribution is 1.87. The van der Waals surface area contributed by atoms with Crippen LogP contribution < -0.4 is 10.6 Å². The number of amides is 2. The molecule has 0 fully saturated rings. The van der Waals surface area contributed by atoms with Gasteiger partial charge < -0.3 is 10.6 Å². The zero-order valence-corrected chi connectivity index (χ0v) is 9.89. The highest BCUT2D eigenvalue weighted by Gasteiger charge is 2.08. The predicted molar refractivity (Wildman–Crippen MR) is 57.1 cm³/mol. The summed E-state index contributed by atoms with van der Waals surface area (Å²) in [4.78, 5) is 11.0. The van der Waals surface area contributed by atoms with Gasteiger partial charge in [0.15, 0.2) is 0 Å². The fraction of sp³-hybridized carbons (Fsp3) is 0.875. The van der Waals surface area contributed by atoms with Gasteiger partial charge in [0, 0.05) is 13.1 Å². The number of hydrogen-bond acceptors (Lipinski definition) is 4. The molecule has 2 amide bonds. The standard InChI is InChI=1S/C8H18N2O4S/c1-3-4-5-9-8(11)10-6-7-15(12,13)14-2/h3-7H2,1-2H3,(H2,9,10,11). The van der Waals surface area contributed by atoms with Crippen LogP contribution in [-0.4, -0.2) is 40.4 Å². The summed E-state index contributed by atoms with van der Waals surface area (Å²) >= 11 is 0. The number of carbonyl (C=O) groups is 1. The number of urea groups is 1. The van der Waals surface area contributed by atoms with Crippen molar-refractivity contribution < 1.29 is 17.4 Å². The number of unbranched alkanes of at least 4 members (excludes halogenated alkanes) is 1. The molecule has 0 aromatic heterocycles. The first-order valence-electron chi connectivity index (χ1n) is 4.82. The Balaban J connectivity index is 3.55. The van der Waals surface area contributed by atoms with Crippen LogP contribution in [-0.2, 0) is 14.3 Å². The van der Waals surface area contributed by atoms with Crippen molar-refractivity contribution >= 4 is 16.1 Å². The van der Waals surface area contributed by atoms with E-state index in [-0.39, 0.29) is 18.3 Å². The van der Waals surface area contributed by atoms with Crippen molar-refractivity contribution in [2.45, 2.75) is 19.8 Å². The van der Waals surface area contributed by atoms with E-state index in [1.807, 2.05) is 6.92 Å². The average Bonchev–Trinajstić information content (AvgIpc) is 2.18. The molecule has 0 bridgehead atoms. The SMILES string of the molecule is CCCCNC(=O)NCCS(=O)(=O)OC. The zero-order chi connectivity index (χ0) is 11.7. The van der Waals surface area contributed by atoms with Crippen molar-refractivity contribution in [2.75, 3.05) is 26.0 Å². The number of rotatable bonds is 7. The summed E-state index contributed by atoms with van der Waals surface area (Å²) in [5.41, 5.74) is 0. The molecular weight excluding hydrogens is 220 g/mol. The zero-order valence-electron chi connectivity index (χ0n) is 9.08. The van der Waals surface area contributed by atoms with Gasteiger partial charge in [-0.25, -0.2) is 4.79 Å². The van der Waals surface area contributed by atoms with Gasteiger partial charge in [-0.2, -0.15) is 8.42 Å². The van der Waals surface area contributed by atoms with Crippen LogP contribution in [0.3, 0.4) is 0 Å². The highest BCUT2D eigenvalue weighted by molar-refractivity contribution is 7.86. The summed E-state index contributed by atoms with van der Waals surface area (Å²) in [6, 6.07) is -0.352. The number of hydrogen-bond donors (Lipinski definition) is 2. The van der Waals surface area contributed by atoms with Crippen molar-refractivity contribution in [2.24, 2.45) is 0 Å². The summed E-state index contributed by atoms with van der Waals surface area (Å²) in [6.07, 6.45) is 1.90. The molecule has 0 aliphatic rings. The quantitative estimate of drug-likeness (QED) is 0.485. The van der Waals surface area contributed by atoms with E-state index in [4.69, 9.17) is 0 Å². The topological polar surface area (TPSA) is 84.5 Å². The van der Waals surface area contributed by atoms with E-state index < -0.39 is 10.1 Å². The Morgan fingerprint density at radius 1 is 1.27 bits per heavy atom. The third-order valence-electron chi connectivity index (χ3n) is 1.71. The minimum atomic E-state index is -3.48. The first-order chi connectivity index (χ1) is 7.02. The van der Waals surface area contributed by atoms with E-state index in [0.29, 0.717) is 6.54 Å². The lowest BCUT2D eigenvalue weighted by atomic mass is 10.3. The molecule has 15 heavy (non-hydrogen) atoms. The van der Waals surface area contributed by atoms with Crippen LogP contribution >= 0.6 is 0 Å². The van der Waals surface area contributed by atoms with Crippen LogP contribution in [0.15, 0.2) is 0 Å². The molecule has 0 aliphatic heterocycles. The van der Waals surface area contributed by atoms with Gasteiger partial charge in [0.1, 0.15) is 0 Å². The molecule has 0 aromatic rings. The molecule has 0 saturated heterocycles. The molecule has 0 atom stereocenters.